The summed E-state index contributed by atoms with van der Waals surface area (Å²) in [5, 5.41) is 2.44. The highest BCUT2D eigenvalue weighted by Crippen LogP contribution is 2.57. The molecule has 13 rings (SSSR count). The third-order valence-corrected chi connectivity index (χ3v) is 20.7. The molecule has 4 heteroatoms. The van der Waals surface area contributed by atoms with Crippen LogP contribution in [0.4, 0.5) is 28.4 Å². The van der Waals surface area contributed by atoms with Crippen LogP contribution in [0.2, 0.25) is 0 Å². The number of hydrogen-bond acceptors (Lipinski definition) is 3. The summed E-state index contributed by atoms with van der Waals surface area (Å²) in [6, 6.07) is 37.5. The molecule has 7 aromatic rings. The summed E-state index contributed by atoms with van der Waals surface area (Å²) < 4.78 is 7.47. The Bertz CT molecular complexity index is 3510. The fraction of sp³-hybridized carbons (Fsp3) is 0.471. The van der Waals surface area contributed by atoms with E-state index in [9.17, 15) is 0 Å². The second kappa shape index (κ2) is 14.3. The zero-order valence-electron chi connectivity index (χ0n) is 46.7. The van der Waals surface area contributed by atoms with Crippen molar-refractivity contribution in [1.82, 2.24) is 0 Å². The number of rotatable bonds is 2. The third-order valence-electron chi connectivity index (χ3n) is 20.7. The summed E-state index contributed by atoms with van der Waals surface area (Å²) in [4.78, 5) is 5.46. The van der Waals surface area contributed by atoms with Crippen LogP contribution in [0.1, 0.15) is 207 Å². The lowest BCUT2D eigenvalue weighted by Crippen LogP contribution is -2.62. The van der Waals surface area contributed by atoms with E-state index in [1.165, 1.54) is 157 Å². The van der Waals surface area contributed by atoms with Gasteiger partial charge >= 0.3 is 6.85 Å². The Balaban J connectivity index is 1.15. The number of benzene rings is 6. The molecule has 3 heterocycles. The minimum absolute atomic E-state index is 0.0352. The number of fused-ring (bicyclic) bond motifs is 12. The van der Waals surface area contributed by atoms with E-state index in [1.54, 1.807) is 0 Å². The highest BCUT2D eigenvalue weighted by molar-refractivity contribution is 6.93. The monoisotopic (exact) mass is 951 g/mol. The Morgan fingerprint density at radius 3 is 1.40 bits per heavy atom. The largest absolute Gasteiger partial charge is 0.455 e. The van der Waals surface area contributed by atoms with E-state index in [0.29, 0.717) is 0 Å². The van der Waals surface area contributed by atoms with Gasteiger partial charge in [0.15, 0.2) is 0 Å². The summed E-state index contributed by atoms with van der Waals surface area (Å²) in [6.07, 6.45) is 9.43. The zero-order valence-corrected chi connectivity index (χ0v) is 46.7. The summed E-state index contributed by atoms with van der Waals surface area (Å²) in [7, 11) is 0. The zero-order chi connectivity index (χ0) is 50.8. The predicted octanol–water partition coefficient (Wildman–Crippen LogP) is 17.7. The van der Waals surface area contributed by atoms with Crippen LogP contribution in [0.3, 0.4) is 0 Å². The molecule has 370 valence electrons. The van der Waals surface area contributed by atoms with Gasteiger partial charge in [-0.1, -0.05) is 141 Å². The van der Waals surface area contributed by atoms with Crippen molar-refractivity contribution in [1.29, 1.82) is 0 Å². The predicted molar refractivity (Wildman–Crippen MR) is 309 cm³/mol. The molecule has 72 heavy (non-hydrogen) atoms. The Morgan fingerprint density at radius 2 is 0.847 bits per heavy atom. The maximum atomic E-state index is 7.47. The first-order chi connectivity index (χ1) is 33.6. The Hall–Kier alpha value is -5.22. The molecule has 6 aliphatic rings. The SMILES string of the molecule is CC1(C)CCC(C)(C)c2cc(N3B4c5cc6c(cc5N(c5ccc7c(c5)C(C)(C)CCC7(C)C)c5cccc(c54)-c4c3ccc3c4oc4cc5c(cc43)C(C)(C)CCC5(C)C)C(C)(C)CCC6(C)C)ccc21. The summed E-state index contributed by atoms with van der Waals surface area (Å²) >= 11 is 0. The van der Waals surface area contributed by atoms with Gasteiger partial charge in [-0.2, -0.15) is 0 Å². The van der Waals surface area contributed by atoms with Crippen LogP contribution in [-0.2, 0) is 43.3 Å². The molecule has 0 N–H and O–H groups in total. The number of hydrogen-bond donors (Lipinski definition) is 0. The third kappa shape index (κ3) is 6.35. The molecule has 0 saturated carbocycles. The summed E-state index contributed by atoms with van der Waals surface area (Å²) in [5.41, 5.74) is 26.1. The van der Waals surface area contributed by atoms with Crippen LogP contribution >= 0.6 is 0 Å². The lowest BCUT2D eigenvalue weighted by Gasteiger charge is -2.49. The summed E-state index contributed by atoms with van der Waals surface area (Å²) in [5.74, 6) is 0. The molecule has 0 radical (unpaired) electrons. The second-order valence-electron chi connectivity index (χ2n) is 29.2. The van der Waals surface area contributed by atoms with E-state index in [0.717, 1.165) is 11.2 Å². The van der Waals surface area contributed by atoms with Gasteiger partial charge in [-0.25, -0.2) is 0 Å². The van der Waals surface area contributed by atoms with E-state index in [1.807, 2.05) is 0 Å². The van der Waals surface area contributed by atoms with Crippen LogP contribution in [0.5, 0.6) is 0 Å². The van der Waals surface area contributed by atoms with Gasteiger partial charge in [-0.05, 0) is 216 Å². The van der Waals surface area contributed by atoms with Gasteiger partial charge in [-0.15, -0.1) is 0 Å². The quantitative estimate of drug-likeness (QED) is 0.161. The van der Waals surface area contributed by atoms with Gasteiger partial charge in [0.1, 0.15) is 11.2 Å². The maximum absolute atomic E-state index is 7.47. The van der Waals surface area contributed by atoms with Gasteiger partial charge in [0.25, 0.3) is 0 Å². The van der Waals surface area contributed by atoms with Crippen LogP contribution in [0, 0.1) is 0 Å². The lowest BCUT2D eigenvalue weighted by atomic mass is 9.42. The van der Waals surface area contributed by atoms with Crippen LogP contribution in [0.15, 0.2) is 95.4 Å². The van der Waals surface area contributed by atoms with Gasteiger partial charge in [0.2, 0.25) is 0 Å². The molecule has 0 saturated heterocycles. The van der Waals surface area contributed by atoms with Crippen molar-refractivity contribution in [3.05, 3.63) is 136 Å². The van der Waals surface area contributed by atoms with Crippen molar-refractivity contribution in [2.45, 2.75) is 205 Å². The smallest absolute Gasteiger partial charge is 0.333 e. The minimum atomic E-state index is -0.0809. The molecule has 3 nitrogen and oxygen atoms in total. The van der Waals surface area contributed by atoms with Crippen LogP contribution in [-0.4, -0.2) is 6.85 Å². The van der Waals surface area contributed by atoms with Gasteiger partial charge in [0, 0.05) is 44.8 Å². The van der Waals surface area contributed by atoms with Crippen LogP contribution < -0.4 is 20.6 Å². The Morgan fingerprint density at radius 1 is 0.389 bits per heavy atom. The number of nitrogens with zero attached hydrogens (tertiary/aromatic N) is 2. The molecule has 4 aliphatic carbocycles. The molecule has 0 fully saturated rings. The molecule has 6 aromatic carbocycles. The fourth-order valence-corrected chi connectivity index (χ4v) is 15.3. The van der Waals surface area contributed by atoms with E-state index >= 15 is 0 Å². The first-order valence-corrected chi connectivity index (χ1v) is 27.9. The lowest BCUT2D eigenvalue weighted by molar-refractivity contribution is 0.332. The molecule has 2 aliphatic heterocycles. The highest BCUT2D eigenvalue weighted by Gasteiger charge is 2.50. The maximum Gasteiger partial charge on any atom is 0.333 e. The van der Waals surface area contributed by atoms with E-state index in [-0.39, 0.29) is 50.2 Å². The van der Waals surface area contributed by atoms with Crippen molar-refractivity contribution in [3.8, 4) is 11.1 Å². The average Bonchev–Trinajstić information content (AvgIpc) is 3.70. The van der Waals surface area contributed by atoms with Crippen LogP contribution in [0.25, 0.3) is 33.1 Å². The molecule has 0 atom stereocenters. The fourth-order valence-electron chi connectivity index (χ4n) is 15.3. The first kappa shape index (κ1) is 46.6. The molecule has 0 spiro atoms. The second-order valence-corrected chi connectivity index (χ2v) is 29.2. The Labute approximate surface area is 432 Å². The topological polar surface area (TPSA) is 19.6 Å². The minimum Gasteiger partial charge on any atom is -0.455 e. The number of anilines is 5. The molecule has 0 bridgehead atoms. The molecule has 1 aromatic heterocycles. The van der Waals surface area contributed by atoms with E-state index in [4.69, 9.17) is 4.42 Å². The van der Waals surface area contributed by atoms with E-state index < -0.39 is 0 Å². The molecule has 0 amide bonds. The molecular formula is C68H79BN2O. The standard InChI is InChI=1S/C68H79BN2O/c1-61(2)26-28-63(5,6)47-34-40(20-23-45(47)61)70-55-19-17-18-43-58-54(25-22-42-44-36-49-52(39-57(44)72-60(42)58)68(15,16)33-30-65(49,9)10)71(41-21-24-46-48(35-41)64(7,8)29-27-62(46,3)4)69(59(43)55)53-37-50-51(38-56(53)70)67(13,14)32-31-66(50,11)12/h17-25,34-39H,26-33H2,1-16H3. The van der Waals surface area contributed by atoms with Gasteiger partial charge in [-0.3, -0.25) is 0 Å². The number of furan rings is 1. The molecular weight excluding hydrogens is 872 g/mol. The summed E-state index contributed by atoms with van der Waals surface area (Å²) in [6.45, 7) is 39.4. The molecule has 0 unspecified atom stereocenters. The van der Waals surface area contributed by atoms with Gasteiger partial charge in [0.05, 0.1) is 0 Å². The normalized spacial score (nSPS) is 22.5. The van der Waals surface area contributed by atoms with Crippen molar-refractivity contribution < 1.29 is 4.42 Å². The van der Waals surface area contributed by atoms with Crippen molar-refractivity contribution in [2.24, 2.45) is 0 Å². The van der Waals surface area contributed by atoms with Gasteiger partial charge < -0.3 is 14.1 Å². The van der Waals surface area contributed by atoms with Crippen molar-refractivity contribution in [2.75, 3.05) is 9.71 Å². The first-order valence-electron chi connectivity index (χ1n) is 27.9. The Kier molecular flexibility index (Phi) is 9.27. The van der Waals surface area contributed by atoms with Crippen molar-refractivity contribution in [3.63, 3.8) is 0 Å². The van der Waals surface area contributed by atoms with E-state index in [2.05, 4.69) is 211 Å². The van der Waals surface area contributed by atoms with Crippen molar-refractivity contribution >= 4 is 68.1 Å². The average molecular weight is 951 g/mol. The highest BCUT2D eigenvalue weighted by atomic mass is 16.3.